The molecule has 0 aromatic heterocycles. The number of aliphatic carboxylic acids is 2. The second-order valence-electron chi connectivity index (χ2n) is 5.00. The third-order valence-corrected chi connectivity index (χ3v) is 2.85. The lowest BCUT2D eigenvalue weighted by Crippen LogP contribution is -2.57. The van der Waals surface area contributed by atoms with Crippen molar-refractivity contribution in [2.75, 3.05) is 0 Å². The molecule has 9 N–H and O–H groups in total. The topological polar surface area (TPSA) is 222 Å². The molecule has 0 aliphatic rings. The number of carbonyl (C=O) groups excluding carboxylic acids is 3. The third kappa shape index (κ3) is 7.51. The van der Waals surface area contributed by atoms with E-state index in [2.05, 4.69) is 0 Å². The van der Waals surface area contributed by atoms with Crippen LogP contribution in [0.15, 0.2) is 0 Å². The van der Waals surface area contributed by atoms with Gasteiger partial charge in [-0.25, -0.2) is 4.79 Å². The molecule has 0 radical (unpaired) electrons. The van der Waals surface area contributed by atoms with Crippen molar-refractivity contribution in [2.24, 2.45) is 11.5 Å². The Balaban J connectivity index is 5.11. The molecule has 3 amide bonds. The molecule has 12 nitrogen and oxygen atoms in total. The molecule has 4 atom stereocenters. The summed E-state index contributed by atoms with van der Waals surface area (Å²) in [6.07, 6.45) is -2.84. The average molecular weight is 348 g/mol. The van der Waals surface area contributed by atoms with Gasteiger partial charge in [0.2, 0.25) is 17.7 Å². The van der Waals surface area contributed by atoms with Crippen LogP contribution in [0.2, 0.25) is 0 Å². The highest BCUT2D eigenvalue weighted by Gasteiger charge is 2.30. The van der Waals surface area contributed by atoms with E-state index in [0.717, 1.165) is 0 Å². The summed E-state index contributed by atoms with van der Waals surface area (Å²) < 4.78 is 0. The summed E-state index contributed by atoms with van der Waals surface area (Å²) in [6, 6.07) is -4.74. The lowest BCUT2D eigenvalue weighted by molar-refractivity contribution is -0.147. The van der Waals surface area contributed by atoms with Gasteiger partial charge in [0.05, 0.1) is 18.9 Å². The zero-order chi connectivity index (χ0) is 19.0. The van der Waals surface area contributed by atoms with Crippen molar-refractivity contribution in [3.05, 3.63) is 0 Å². The monoisotopic (exact) mass is 348 g/mol. The van der Waals surface area contributed by atoms with Crippen LogP contribution in [0.5, 0.6) is 0 Å². The Morgan fingerprint density at radius 2 is 1.46 bits per heavy atom. The van der Waals surface area contributed by atoms with E-state index < -0.39 is 66.7 Å². The highest BCUT2D eigenvalue weighted by molar-refractivity contribution is 5.95. The zero-order valence-electron chi connectivity index (χ0n) is 12.8. The van der Waals surface area contributed by atoms with E-state index >= 15 is 0 Å². The number of aliphatic hydroxyl groups is 1. The number of carboxylic acid groups (broad SMARTS) is 2. The van der Waals surface area contributed by atoms with Crippen LogP contribution in [0.3, 0.4) is 0 Å². The highest BCUT2D eigenvalue weighted by Crippen LogP contribution is 1.99. The summed E-state index contributed by atoms with van der Waals surface area (Å²) in [5.74, 6) is -6.18. The quantitative estimate of drug-likeness (QED) is 0.204. The fraction of sp³-hybridized carbons (Fsp3) is 0.583. The Labute approximate surface area is 136 Å². The SMILES string of the molecule is C[C@@H](O)[C@H](N)C(=O)N[C@@H](CC(N)=O)C(=O)N[C@@H](CC(=O)O)C(=O)O. The number of carbonyl (C=O) groups is 5. The molecule has 136 valence electrons. The van der Waals surface area contributed by atoms with Gasteiger partial charge >= 0.3 is 11.9 Å². The van der Waals surface area contributed by atoms with Crippen molar-refractivity contribution >= 4 is 29.7 Å². The van der Waals surface area contributed by atoms with Gasteiger partial charge in [-0.15, -0.1) is 0 Å². The van der Waals surface area contributed by atoms with Crippen molar-refractivity contribution in [2.45, 2.75) is 44.0 Å². The number of hydrogen-bond donors (Lipinski definition) is 7. The Bertz CT molecular complexity index is 521. The minimum atomic E-state index is -1.77. The van der Waals surface area contributed by atoms with Crippen LogP contribution < -0.4 is 22.1 Å². The van der Waals surface area contributed by atoms with Crippen molar-refractivity contribution in [1.29, 1.82) is 0 Å². The number of aliphatic hydroxyl groups excluding tert-OH is 1. The number of rotatable bonds is 10. The summed E-state index contributed by atoms with van der Waals surface area (Å²) in [5, 5.41) is 30.6. The molecular weight excluding hydrogens is 328 g/mol. The van der Waals surface area contributed by atoms with Gasteiger partial charge in [-0.2, -0.15) is 0 Å². The first-order valence-electron chi connectivity index (χ1n) is 6.73. The summed E-state index contributed by atoms with van der Waals surface area (Å²) in [7, 11) is 0. The highest BCUT2D eigenvalue weighted by atomic mass is 16.4. The second kappa shape index (κ2) is 9.42. The maximum absolute atomic E-state index is 12.0. The molecule has 0 aromatic rings. The van der Waals surface area contributed by atoms with Gasteiger partial charge in [-0.05, 0) is 6.92 Å². The van der Waals surface area contributed by atoms with Crippen LogP contribution in [0, 0.1) is 0 Å². The molecule has 0 aromatic carbocycles. The molecule has 0 aliphatic carbocycles. The van der Waals surface area contributed by atoms with Gasteiger partial charge in [-0.3, -0.25) is 19.2 Å². The van der Waals surface area contributed by atoms with E-state index in [1.807, 2.05) is 10.6 Å². The molecule has 0 bridgehead atoms. The lowest BCUT2D eigenvalue weighted by Gasteiger charge is -2.22. The lowest BCUT2D eigenvalue weighted by atomic mass is 10.1. The molecule has 0 unspecified atom stereocenters. The molecule has 12 heteroatoms. The van der Waals surface area contributed by atoms with E-state index in [9.17, 15) is 29.1 Å². The standard InChI is InChI=1S/C12H20N4O8/c1-4(17)9(14)11(22)15-5(2-7(13)18)10(21)16-6(12(23)24)3-8(19)20/h4-6,9,17H,2-3,14H2,1H3,(H2,13,18)(H,15,22)(H,16,21)(H,19,20)(H,23,24)/t4-,5+,6+,9+/m1/s1. The first kappa shape index (κ1) is 21.3. The molecule has 0 spiro atoms. The number of carboxylic acids is 2. The van der Waals surface area contributed by atoms with E-state index in [1.54, 1.807) is 0 Å². The maximum atomic E-state index is 12.0. The Morgan fingerprint density at radius 1 is 0.958 bits per heavy atom. The molecule has 0 fully saturated rings. The average Bonchev–Trinajstić information content (AvgIpc) is 2.43. The number of primary amides is 1. The fourth-order valence-electron chi connectivity index (χ4n) is 1.54. The smallest absolute Gasteiger partial charge is 0.326 e. The van der Waals surface area contributed by atoms with E-state index in [-0.39, 0.29) is 0 Å². The molecule has 0 rings (SSSR count). The van der Waals surface area contributed by atoms with Gasteiger partial charge < -0.3 is 37.4 Å². The predicted molar refractivity (Wildman–Crippen MR) is 77.2 cm³/mol. The summed E-state index contributed by atoms with van der Waals surface area (Å²) in [4.78, 5) is 56.3. The molecule has 24 heavy (non-hydrogen) atoms. The minimum absolute atomic E-state index is 0.677. The second-order valence-corrected chi connectivity index (χ2v) is 5.00. The van der Waals surface area contributed by atoms with E-state index in [4.69, 9.17) is 21.7 Å². The van der Waals surface area contributed by atoms with Gasteiger partial charge in [0, 0.05) is 0 Å². The first-order valence-corrected chi connectivity index (χ1v) is 6.73. The van der Waals surface area contributed by atoms with Crippen LogP contribution in [-0.4, -0.2) is 69.2 Å². The number of nitrogens with two attached hydrogens (primary N) is 2. The maximum Gasteiger partial charge on any atom is 0.326 e. The van der Waals surface area contributed by atoms with Gasteiger partial charge in [-0.1, -0.05) is 0 Å². The number of hydrogen-bond acceptors (Lipinski definition) is 7. The van der Waals surface area contributed by atoms with Crippen LogP contribution >= 0.6 is 0 Å². The van der Waals surface area contributed by atoms with Gasteiger partial charge in [0.1, 0.15) is 18.1 Å². The zero-order valence-corrected chi connectivity index (χ0v) is 12.8. The Morgan fingerprint density at radius 3 is 1.83 bits per heavy atom. The predicted octanol–water partition coefficient (Wildman–Crippen LogP) is -3.90. The van der Waals surface area contributed by atoms with Crippen molar-refractivity contribution < 1.29 is 39.3 Å². The Kier molecular flexibility index (Phi) is 8.35. The first-order chi connectivity index (χ1) is 11.0. The van der Waals surface area contributed by atoms with Crippen LogP contribution in [0.1, 0.15) is 19.8 Å². The van der Waals surface area contributed by atoms with Crippen molar-refractivity contribution in [3.63, 3.8) is 0 Å². The number of amides is 3. The number of nitrogens with one attached hydrogen (secondary N) is 2. The fourth-order valence-corrected chi connectivity index (χ4v) is 1.54. The van der Waals surface area contributed by atoms with Crippen molar-refractivity contribution in [3.8, 4) is 0 Å². The summed E-state index contributed by atoms with van der Waals surface area (Å²) in [6.45, 7) is 1.22. The van der Waals surface area contributed by atoms with Crippen molar-refractivity contribution in [1.82, 2.24) is 10.6 Å². The minimum Gasteiger partial charge on any atom is -0.481 e. The van der Waals surface area contributed by atoms with E-state index in [1.165, 1.54) is 6.92 Å². The molecular formula is C12H20N4O8. The molecule has 0 saturated carbocycles. The largest absolute Gasteiger partial charge is 0.481 e. The summed E-state index contributed by atoms with van der Waals surface area (Å²) >= 11 is 0. The molecule has 0 heterocycles. The van der Waals surface area contributed by atoms with Crippen LogP contribution in [-0.2, 0) is 24.0 Å². The van der Waals surface area contributed by atoms with Crippen LogP contribution in [0.4, 0.5) is 0 Å². The van der Waals surface area contributed by atoms with E-state index in [0.29, 0.717) is 0 Å². The van der Waals surface area contributed by atoms with Crippen LogP contribution in [0.25, 0.3) is 0 Å². The van der Waals surface area contributed by atoms with Gasteiger partial charge in [0.25, 0.3) is 0 Å². The Hall–Kier alpha value is -2.73. The molecule has 0 aliphatic heterocycles. The van der Waals surface area contributed by atoms with Gasteiger partial charge in [0.15, 0.2) is 0 Å². The normalized spacial score (nSPS) is 15.5. The third-order valence-electron chi connectivity index (χ3n) is 2.85. The summed E-state index contributed by atoms with van der Waals surface area (Å²) in [5.41, 5.74) is 10.3. The molecule has 0 saturated heterocycles.